The van der Waals surface area contributed by atoms with Crippen molar-refractivity contribution in [1.29, 1.82) is 0 Å². The lowest BCUT2D eigenvalue weighted by Gasteiger charge is -2.46. The van der Waals surface area contributed by atoms with E-state index in [0.29, 0.717) is 0 Å². The van der Waals surface area contributed by atoms with Crippen molar-refractivity contribution in [3.05, 3.63) is 215 Å². The van der Waals surface area contributed by atoms with Gasteiger partial charge in [-0.1, -0.05) is 109 Å². The van der Waals surface area contributed by atoms with Crippen molar-refractivity contribution in [2.45, 2.75) is 68.3 Å². The van der Waals surface area contributed by atoms with E-state index in [-0.39, 0.29) is 33.4 Å². The number of hydrogen-bond acceptors (Lipinski definition) is 18. The molecule has 0 aromatic heterocycles. The molecule has 0 bridgehead atoms. The van der Waals surface area contributed by atoms with Crippen LogP contribution in [0.15, 0.2) is 182 Å². The van der Waals surface area contributed by atoms with E-state index < -0.39 is 116 Å². The molecule has 18 nitrogen and oxygen atoms in total. The van der Waals surface area contributed by atoms with Gasteiger partial charge >= 0.3 is 41.8 Å². The van der Waals surface area contributed by atoms with Crippen LogP contribution in [0.4, 0.5) is 0 Å². The quantitative estimate of drug-likeness (QED) is 0.0773. The van der Waals surface area contributed by atoms with Gasteiger partial charge in [-0.15, -0.1) is 0 Å². The summed E-state index contributed by atoms with van der Waals surface area (Å²) in [6.07, 6.45) is -17.8. The Balaban J connectivity index is 1.20. The highest BCUT2D eigenvalue weighted by molar-refractivity contribution is 5.92. The molecule has 8 rings (SSSR count). The maximum atomic E-state index is 14.2. The molecule has 0 spiro atoms. The first-order valence-corrected chi connectivity index (χ1v) is 23.2. The highest BCUT2D eigenvalue weighted by Gasteiger charge is 2.56. The zero-order chi connectivity index (χ0) is 52.0. The minimum absolute atomic E-state index is 0.0299. The molecule has 380 valence electrons. The average Bonchev–Trinajstić information content (AvgIpc) is 3.43. The fraction of sp³-hybridized carbons (Fsp3) is 0.232. The summed E-state index contributed by atoms with van der Waals surface area (Å²) in [7, 11) is 0. The highest BCUT2D eigenvalue weighted by Crippen LogP contribution is 2.34. The summed E-state index contributed by atoms with van der Waals surface area (Å²) in [6.45, 7) is -0.430. The van der Waals surface area contributed by atoms with E-state index in [1.54, 1.807) is 109 Å². The number of carbonyl (C=O) groups excluding carboxylic acids is 7. The summed E-state index contributed by atoms with van der Waals surface area (Å²) in [5.74, 6) is -6.53. The SMILES string of the molecule is CC(=O)O[C@@H]1[C@@H](OC(=O)c2ccccc2)[C@@H](OC(=O)c2ccccc2)[C@@H](CO[C@@H]2O[C@H](COC(=O)c3ccccc3)[C@H](OC(=O)c3ccccc3)[C@H](OC(=O)c3ccccc3)[C@H]2OC(=O)c2ccccc2)O[C@@H]1O. The molecule has 2 saturated heterocycles. The van der Waals surface area contributed by atoms with Crippen LogP contribution in [0.5, 0.6) is 0 Å². The van der Waals surface area contributed by atoms with Gasteiger partial charge in [0.1, 0.15) is 18.8 Å². The fourth-order valence-corrected chi connectivity index (χ4v) is 8.01. The van der Waals surface area contributed by atoms with Crippen molar-refractivity contribution in [3.8, 4) is 0 Å². The maximum absolute atomic E-state index is 14.2. The summed E-state index contributed by atoms with van der Waals surface area (Å²) in [6, 6.07) is 46.5. The monoisotopic (exact) mass is 1010 g/mol. The Hall–Kier alpha value is -8.55. The first-order chi connectivity index (χ1) is 35.9. The smallest absolute Gasteiger partial charge is 0.338 e. The second-order valence-electron chi connectivity index (χ2n) is 16.7. The second-order valence-corrected chi connectivity index (χ2v) is 16.7. The van der Waals surface area contributed by atoms with Crippen LogP contribution in [-0.2, 0) is 52.2 Å². The molecule has 6 aromatic rings. The molecule has 2 aliphatic heterocycles. The third-order valence-electron chi connectivity index (χ3n) is 11.6. The summed E-state index contributed by atoms with van der Waals surface area (Å²) in [5.41, 5.74) is 0.376. The lowest BCUT2D eigenvalue weighted by atomic mass is 9.96. The van der Waals surface area contributed by atoms with Gasteiger partial charge in [0, 0.05) is 6.92 Å². The van der Waals surface area contributed by atoms with Crippen LogP contribution in [0.25, 0.3) is 0 Å². The third-order valence-corrected chi connectivity index (χ3v) is 11.6. The number of esters is 7. The van der Waals surface area contributed by atoms with Crippen LogP contribution in [-0.4, -0.2) is 122 Å². The molecule has 2 fully saturated rings. The molecule has 0 amide bonds. The minimum Gasteiger partial charge on any atom is -0.459 e. The fourth-order valence-electron chi connectivity index (χ4n) is 8.01. The molecule has 10 atom stereocenters. The highest BCUT2D eigenvalue weighted by atomic mass is 16.7. The number of ether oxygens (including phenoxy) is 10. The lowest BCUT2D eigenvalue weighted by molar-refractivity contribution is -0.324. The van der Waals surface area contributed by atoms with Gasteiger partial charge in [-0.05, 0) is 72.8 Å². The van der Waals surface area contributed by atoms with E-state index in [9.17, 15) is 38.7 Å². The van der Waals surface area contributed by atoms with Gasteiger partial charge in [-0.25, -0.2) is 28.8 Å². The first kappa shape index (κ1) is 51.8. The molecular formula is C56H48O18. The first-order valence-electron chi connectivity index (χ1n) is 23.2. The second kappa shape index (κ2) is 24.7. The Kier molecular flexibility index (Phi) is 17.3. The van der Waals surface area contributed by atoms with Crippen molar-refractivity contribution in [1.82, 2.24) is 0 Å². The summed E-state index contributed by atoms with van der Waals surface area (Å²) < 4.78 is 60.4. The van der Waals surface area contributed by atoms with Gasteiger partial charge in [-0.3, -0.25) is 4.79 Å². The molecule has 1 N–H and O–H groups in total. The summed E-state index contributed by atoms with van der Waals surface area (Å²) in [5, 5.41) is 11.5. The third kappa shape index (κ3) is 13.1. The molecule has 0 unspecified atom stereocenters. The Bertz CT molecular complexity index is 2850. The van der Waals surface area contributed by atoms with Gasteiger partial charge in [0.25, 0.3) is 0 Å². The van der Waals surface area contributed by atoms with Crippen molar-refractivity contribution in [3.63, 3.8) is 0 Å². The molecule has 2 heterocycles. The molecule has 18 heteroatoms. The molecule has 0 saturated carbocycles. The molecule has 0 aliphatic carbocycles. The van der Waals surface area contributed by atoms with Gasteiger partial charge in [0.05, 0.1) is 40.0 Å². The summed E-state index contributed by atoms with van der Waals surface area (Å²) in [4.78, 5) is 96.0. The van der Waals surface area contributed by atoms with Crippen LogP contribution in [0.3, 0.4) is 0 Å². The van der Waals surface area contributed by atoms with Crippen molar-refractivity contribution < 1.29 is 86.0 Å². The number of hydrogen-bond donors (Lipinski definition) is 1. The topological polar surface area (TPSA) is 232 Å². The number of rotatable bonds is 17. The van der Waals surface area contributed by atoms with Crippen LogP contribution in [0.2, 0.25) is 0 Å². The van der Waals surface area contributed by atoms with Gasteiger partial charge in [0.2, 0.25) is 0 Å². The largest absolute Gasteiger partial charge is 0.459 e. The average molecular weight is 1010 g/mol. The van der Waals surface area contributed by atoms with Crippen molar-refractivity contribution >= 4 is 41.8 Å². The number of aliphatic hydroxyl groups excluding tert-OH is 1. The van der Waals surface area contributed by atoms with E-state index in [1.807, 2.05) is 0 Å². The summed E-state index contributed by atoms with van der Waals surface area (Å²) >= 11 is 0. The Labute approximate surface area is 423 Å². The predicted molar refractivity (Wildman–Crippen MR) is 256 cm³/mol. The number of carbonyl (C=O) groups is 7. The zero-order valence-electron chi connectivity index (χ0n) is 39.4. The molecule has 6 aromatic carbocycles. The Morgan fingerprint density at radius 3 is 1.01 bits per heavy atom. The standard InChI is InChI=1S/C56H48O18/c1-34(57)67-47-45(72-52(61)38-26-14-5-15-27-38)43(70-50(59)36-22-10-3-11-23-36)41(68-55(47)64)33-66-56-48(74-54(63)40-30-18-7-19-31-40)46(73-53(62)39-28-16-6-17-29-39)44(71-51(60)37-24-12-4-13-25-37)42(69-56)32-65-49(58)35-20-8-2-9-21-35/h2-31,41-48,55-56,64H,32-33H2,1H3/t41-,42-,43+,44+,45+,46+,47-,48-,55+,56-/m1/s1. The van der Waals surface area contributed by atoms with E-state index >= 15 is 0 Å². The van der Waals surface area contributed by atoms with Crippen LogP contribution >= 0.6 is 0 Å². The van der Waals surface area contributed by atoms with Crippen LogP contribution in [0.1, 0.15) is 69.1 Å². The molecule has 74 heavy (non-hydrogen) atoms. The van der Waals surface area contributed by atoms with E-state index in [4.69, 9.17) is 47.4 Å². The molecule has 0 radical (unpaired) electrons. The Morgan fingerprint density at radius 2 is 0.662 bits per heavy atom. The van der Waals surface area contributed by atoms with E-state index in [1.165, 1.54) is 72.8 Å². The molecular weight excluding hydrogens is 961 g/mol. The van der Waals surface area contributed by atoms with E-state index in [2.05, 4.69) is 0 Å². The van der Waals surface area contributed by atoms with Gasteiger partial charge in [-0.2, -0.15) is 0 Å². The lowest BCUT2D eigenvalue weighted by Crippen LogP contribution is -2.65. The van der Waals surface area contributed by atoms with Gasteiger partial charge in [0.15, 0.2) is 49.2 Å². The van der Waals surface area contributed by atoms with Gasteiger partial charge < -0.3 is 52.5 Å². The van der Waals surface area contributed by atoms with E-state index in [0.717, 1.165) is 6.92 Å². The van der Waals surface area contributed by atoms with Crippen molar-refractivity contribution in [2.24, 2.45) is 0 Å². The Morgan fingerprint density at radius 1 is 0.365 bits per heavy atom. The number of aliphatic hydroxyl groups is 1. The maximum Gasteiger partial charge on any atom is 0.338 e. The normalized spacial score (nSPS) is 23.2. The minimum atomic E-state index is -2.06. The number of benzene rings is 6. The van der Waals surface area contributed by atoms with Crippen molar-refractivity contribution in [2.75, 3.05) is 13.2 Å². The molecule has 2 aliphatic rings. The van der Waals surface area contributed by atoms with Crippen LogP contribution in [0, 0.1) is 0 Å². The van der Waals surface area contributed by atoms with Crippen LogP contribution < -0.4 is 0 Å². The predicted octanol–water partition coefficient (Wildman–Crippen LogP) is 6.36. The zero-order valence-corrected chi connectivity index (χ0v) is 39.4.